The van der Waals surface area contributed by atoms with Crippen LogP contribution in [0.25, 0.3) is 5.57 Å². The van der Waals surface area contributed by atoms with E-state index in [1.54, 1.807) is 13.1 Å². The van der Waals surface area contributed by atoms with E-state index in [9.17, 15) is 8.78 Å². The molecule has 3 rings (SSSR count). The molecule has 9 heteroatoms. The van der Waals surface area contributed by atoms with Gasteiger partial charge < -0.3 is 32.7 Å². The summed E-state index contributed by atoms with van der Waals surface area (Å²) < 4.78 is 28.3. The van der Waals surface area contributed by atoms with Crippen LogP contribution in [0.4, 0.5) is 14.5 Å². The predicted molar refractivity (Wildman–Crippen MR) is 147 cm³/mol. The highest BCUT2D eigenvalue weighted by molar-refractivity contribution is 6.10. The topological polar surface area (TPSA) is 113 Å². The molecule has 0 spiro atoms. The molecule has 1 fully saturated rings. The number of halogens is 2. The van der Waals surface area contributed by atoms with E-state index in [1.165, 1.54) is 18.1 Å². The zero-order valence-electron chi connectivity index (χ0n) is 21.7. The van der Waals surface area contributed by atoms with Crippen molar-refractivity contribution in [2.75, 3.05) is 45.6 Å². The number of piperidine rings is 1. The molecule has 0 radical (unpaired) electrons. The second-order valence-corrected chi connectivity index (χ2v) is 9.58. The Hall–Kier alpha value is -2.49. The number of benzene rings is 1. The van der Waals surface area contributed by atoms with Gasteiger partial charge in [0.25, 0.3) is 6.43 Å². The molecule has 0 saturated carbocycles. The molecule has 0 aliphatic carbocycles. The molecule has 0 aromatic heterocycles. The number of nitrogens with zero attached hydrogens (tertiary/aromatic N) is 1. The highest BCUT2D eigenvalue weighted by atomic mass is 19.3. The summed E-state index contributed by atoms with van der Waals surface area (Å²) in [6, 6.07) is 3.85. The Bertz CT molecular complexity index is 936. The summed E-state index contributed by atoms with van der Waals surface area (Å²) in [5.74, 6) is 0. The van der Waals surface area contributed by atoms with E-state index in [0.717, 1.165) is 81.4 Å². The average Bonchev–Trinajstić information content (AvgIpc) is 2.87. The summed E-state index contributed by atoms with van der Waals surface area (Å²) in [4.78, 5) is 4.00. The molecule has 0 bridgehead atoms. The van der Waals surface area contributed by atoms with Crippen LogP contribution >= 0.6 is 0 Å². The second kappa shape index (κ2) is 14.3. The van der Waals surface area contributed by atoms with Crippen LogP contribution in [0.5, 0.6) is 0 Å². The van der Waals surface area contributed by atoms with E-state index in [2.05, 4.69) is 26.3 Å². The number of aliphatic imine (C=N–C) groups is 1. The molecule has 2 heterocycles. The van der Waals surface area contributed by atoms with Crippen LogP contribution in [0, 0.1) is 0 Å². The lowest BCUT2D eigenvalue weighted by Gasteiger charge is -2.32. The largest absolute Gasteiger partial charge is 0.404 e. The third kappa shape index (κ3) is 7.27. The van der Waals surface area contributed by atoms with Crippen molar-refractivity contribution in [3.8, 4) is 0 Å². The minimum atomic E-state index is -2.63. The number of fused-ring (bicyclic) bond motifs is 1. The van der Waals surface area contributed by atoms with Crippen molar-refractivity contribution in [2.45, 2.75) is 63.5 Å². The molecular formula is C27H43F2N7. The number of aryl methyl sites for hydroxylation is 1. The minimum absolute atomic E-state index is 0.0202. The minimum Gasteiger partial charge on any atom is -0.404 e. The van der Waals surface area contributed by atoms with Crippen LogP contribution < -0.4 is 32.7 Å². The maximum Gasteiger partial charge on any atom is 0.264 e. The number of allylic oxidation sites excluding steroid dienone is 1. The van der Waals surface area contributed by atoms with E-state index < -0.39 is 6.43 Å². The SMILES string of the molecule is CN=C/C(=C\N)c1cc2c(cc1C(F)F)NC(/C(CN)=C(/CCNC)NC1CCNCC1)CCCC2. The molecule has 1 aromatic carbocycles. The van der Waals surface area contributed by atoms with Crippen LogP contribution in [0.1, 0.15) is 61.6 Å². The van der Waals surface area contributed by atoms with Crippen molar-refractivity contribution in [1.82, 2.24) is 16.0 Å². The van der Waals surface area contributed by atoms with Crippen LogP contribution in [0.2, 0.25) is 0 Å². The van der Waals surface area contributed by atoms with E-state index in [-0.39, 0.29) is 11.6 Å². The predicted octanol–water partition coefficient (Wildman–Crippen LogP) is 3.30. The number of anilines is 1. The van der Waals surface area contributed by atoms with Gasteiger partial charge in [-0.2, -0.15) is 0 Å². The molecule has 1 saturated heterocycles. The normalized spacial score (nSPS) is 20.5. The zero-order valence-corrected chi connectivity index (χ0v) is 21.7. The van der Waals surface area contributed by atoms with Crippen LogP contribution in [-0.4, -0.2) is 58.6 Å². The number of nitrogens with two attached hydrogens (primary N) is 2. The lowest BCUT2D eigenvalue weighted by Crippen LogP contribution is -2.42. The number of hydrogen-bond donors (Lipinski definition) is 6. The van der Waals surface area contributed by atoms with Crippen molar-refractivity contribution < 1.29 is 8.78 Å². The maximum atomic E-state index is 14.2. The van der Waals surface area contributed by atoms with Crippen molar-refractivity contribution in [3.63, 3.8) is 0 Å². The third-order valence-electron chi connectivity index (χ3n) is 7.16. The number of rotatable bonds is 10. The quantitative estimate of drug-likeness (QED) is 0.273. The van der Waals surface area contributed by atoms with E-state index in [1.807, 2.05) is 13.1 Å². The highest BCUT2D eigenvalue weighted by Gasteiger charge is 2.25. The molecule has 200 valence electrons. The molecule has 1 unspecified atom stereocenters. The number of alkyl halides is 2. The van der Waals surface area contributed by atoms with Gasteiger partial charge in [-0.05, 0) is 87.5 Å². The van der Waals surface area contributed by atoms with Gasteiger partial charge in [0.05, 0.1) is 6.04 Å². The standard InChI is InChI=1S/C27H43F2N7/c1-32-10-9-25(35-20-7-11-34-12-8-20)23(16-31)24-6-4-3-5-18-13-21(19(15-30)17-33-2)22(27(28)29)14-26(18)36-24/h13-15,17,20,24,27,32,34-36H,3-12,16,30-31H2,1-2H3/b19-15+,25-23-,33-17?. The summed E-state index contributed by atoms with van der Waals surface area (Å²) in [5, 5.41) is 14.1. The van der Waals surface area contributed by atoms with Crippen molar-refractivity contribution in [3.05, 3.63) is 46.3 Å². The van der Waals surface area contributed by atoms with Gasteiger partial charge in [-0.15, -0.1) is 0 Å². The van der Waals surface area contributed by atoms with E-state index >= 15 is 0 Å². The van der Waals surface area contributed by atoms with Crippen LogP contribution in [0.3, 0.4) is 0 Å². The monoisotopic (exact) mass is 503 g/mol. The summed E-state index contributed by atoms with van der Waals surface area (Å²) in [5.41, 5.74) is 17.1. The Morgan fingerprint density at radius 3 is 2.64 bits per heavy atom. The third-order valence-corrected chi connectivity index (χ3v) is 7.16. The smallest absolute Gasteiger partial charge is 0.264 e. The molecule has 36 heavy (non-hydrogen) atoms. The van der Waals surface area contributed by atoms with Gasteiger partial charge in [0.1, 0.15) is 0 Å². The first-order valence-electron chi connectivity index (χ1n) is 13.1. The molecule has 1 aromatic rings. The first kappa shape index (κ1) is 28.1. The molecule has 8 N–H and O–H groups in total. The Morgan fingerprint density at radius 1 is 1.22 bits per heavy atom. The van der Waals surface area contributed by atoms with Gasteiger partial charge in [-0.3, -0.25) is 4.99 Å². The van der Waals surface area contributed by atoms with Gasteiger partial charge >= 0.3 is 0 Å². The highest BCUT2D eigenvalue weighted by Crippen LogP contribution is 2.35. The number of hydrogen-bond acceptors (Lipinski definition) is 7. The fourth-order valence-corrected chi connectivity index (χ4v) is 5.22. The first-order valence-corrected chi connectivity index (χ1v) is 13.1. The summed E-state index contributed by atoms with van der Waals surface area (Å²) >= 11 is 0. The van der Waals surface area contributed by atoms with Crippen molar-refractivity contribution in [1.29, 1.82) is 0 Å². The number of nitrogens with one attached hydrogen (secondary N) is 4. The first-order chi connectivity index (χ1) is 17.5. The molecule has 0 amide bonds. The van der Waals surface area contributed by atoms with Crippen molar-refractivity contribution >= 4 is 17.5 Å². The second-order valence-electron chi connectivity index (χ2n) is 9.58. The molecule has 2 aliphatic heterocycles. The summed E-state index contributed by atoms with van der Waals surface area (Å²) in [6.45, 7) is 3.26. The maximum absolute atomic E-state index is 14.2. The van der Waals surface area contributed by atoms with Crippen LogP contribution in [-0.2, 0) is 6.42 Å². The van der Waals surface area contributed by atoms with E-state index in [4.69, 9.17) is 11.5 Å². The fourth-order valence-electron chi connectivity index (χ4n) is 5.22. The van der Waals surface area contributed by atoms with Gasteiger partial charge in [-0.25, -0.2) is 8.78 Å². The summed E-state index contributed by atoms with van der Waals surface area (Å²) in [6.07, 6.45) is 6.95. The van der Waals surface area contributed by atoms with Crippen LogP contribution in [0.15, 0.2) is 34.6 Å². The lowest BCUT2D eigenvalue weighted by molar-refractivity contribution is 0.151. The molecular weight excluding hydrogens is 460 g/mol. The van der Waals surface area contributed by atoms with Gasteiger partial charge in [0.2, 0.25) is 0 Å². The van der Waals surface area contributed by atoms with Gasteiger partial charge in [0, 0.05) is 61.1 Å². The van der Waals surface area contributed by atoms with E-state index in [0.29, 0.717) is 23.7 Å². The zero-order chi connectivity index (χ0) is 25.9. The Kier molecular flexibility index (Phi) is 11.2. The summed E-state index contributed by atoms with van der Waals surface area (Å²) in [7, 11) is 3.56. The van der Waals surface area contributed by atoms with Crippen molar-refractivity contribution in [2.24, 2.45) is 16.5 Å². The Balaban J connectivity index is 2.00. The molecule has 2 aliphatic rings. The molecule has 1 atom stereocenters. The fraction of sp³-hybridized carbons (Fsp3) is 0.593. The Morgan fingerprint density at radius 2 is 2.00 bits per heavy atom. The van der Waals surface area contributed by atoms with Gasteiger partial charge in [0.15, 0.2) is 0 Å². The average molecular weight is 504 g/mol. The Labute approximate surface area is 214 Å². The molecule has 7 nitrogen and oxygen atoms in total. The lowest BCUT2D eigenvalue weighted by atomic mass is 9.89. The van der Waals surface area contributed by atoms with Gasteiger partial charge in [-0.1, -0.05) is 6.42 Å².